The fourth-order valence-electron chi connectivity index (χ4n) is 1.56. The highest BCUT2D eigenvalue weighted by atomic mass is 16.6. The molecule has 1 atom stereocenters. The van der Waals surface area contributed by atoms with Crippen LogP contribution in [0, 0.1) is 17.0 Å². The van der Waals surface area contributed by atoms with Gasteiger partial charge in [0.15, 0.2) is 6.10 Å². The van der Waals surface area contributed by atoms with Crippen LogP contribution in [0.4, 0.5) is 5.69 Å². The van der Waals surface area contributed by atoms with E-state index in [1.807, 2.05) is 0 Å². The van der Waals surface area contributed by atoms with Crippen molar-refractivity contribution >= 4 is 17.6 Å². The second kappa shape index (κ2) is 6.62. The van der Waals surface area contributed by atoms with E-state index in [2.05, 4.69) is 5.32 Å². The van der Waals surface area contributed by atoms with E-state index >= 15 is 0 Å². The minimum Gasteiger partial charge on any atom is -0.479 e. The van der Waals surface area contributed by atoms with Crippen molar-refractivity contribution in [3.63, 3.8) is 0 Å². The summed E-state index contributed by atoms with van der Waals surface area (Å²) in [6.07, 6.45) is -1.65. The topological polar surface area (TPSA) is 130 Å². The molecule has 0 aliphatic rings. The first-order valence-electron chi connectivity index (χ1n) is 5.77. The summed E-state index contributed by atoms with van der Waals surface area (Å²) in [4.78, 5) is 32.2. The van der Waals surface area contributed by atoms with Gasteiger partial charge in [0.2, 0.25) is 0 Å². The van der Waals surface area contributed by atoms with Crippen molar-refractivity contribution in [2.24, 2.45) is 0 Å². The number of non-ortho nitro benzene ring substituents is 1. The standard InChI is InChI=1S/C12H14N2O6/c1-7-6-8(14(19)20)2-3-9(7)11(16)13-5-4-10(15)12(17)18/h2-3,6,10,15H,4-5H2,1H3,(H,13,16)(H,17,18)/t10-/m0/s1. The number of aliphatic hydroxyl groups is 1. The number of carbonyl (C=O) groups is 2. The molecule has 0 heterocycles. The zero-order valence-electron chi connectivity index (χ0n) is 10.7. The molecule has 20 heavy (non-hydrogen) atoms. The lowest BCUT2D eigenvalue weighted by Gasteiger charge is -2.09. The van der Waals surface area contributed by atoms with Gasteiger partial charge in [-0.2, -0.15) is 0 Å². The molecule has 0 aliphatic carbocycles. The molecular weight excluding hydrogens is 268 g/mol. The van der Waals surface area contributed by atoms with E-state index in [0.29, 0.717) is 5.56 Å². The number of carbonyl (C=O) groups excluding carboxylic acids is 1. The molecule has 0 radical (unpaired) electrons. The molecule has 0 bridgehead atoms. The summed E-state index contributed by atoms with van der Waals surface area (Å²) in [7, 11) is 0. The molecule has 1 amide bonds. The molecule has 108 valence electrons. The van der Waals surface area contributed by atoms with Crippen LogP contribution in [-0.2, 0) is 4.79 Å². The molecule has 0 aromatic heterocycles. The number of aliphatic hydroxyl groups excluding tert-OH is 1. The highest BCUT2D eigenvalue weighted by Gasteiger charge is 2.15. The highest BCUT2D eigenvalue weighted by molar-refractivity contribution is 5.95. The summed E-state index contributed by atoms with van der Waals surface area (Å²) in [5.74, 6) is -1.83. The van der Waals surface area contributed by atoms with Gasteiger partial charge in [-0.05, 0) is 18.6 Å². The van der Waals surface area contributed by atoms with E-state index in [4.69, 9.17) is 10.2 Å². The van der Waals surface area contributed by atoms with E-state index < -0.39 is 22.9 Å². The molecule has 1 rings (SSSR count). The minimum atomic E-state index is -1.53. The van der Waals surface area contributed by atoms with E-state index in [0.717, 1.165) is 0 Å². The van der Waals surface area contributed by atoms with Crippen LogP contribution >= 0.6 is 0 Å². The van der Waals surface area contributed by atoms with E-state index in [1.165, 1.54) is 18.2 Å². The second-order valence-electron chi connectivity index (χ2n) is 4.15. The van der Waals surface area contributed by atoms with Gasteiger partial charge in [0, 0.05) is 30.7 Å². The number of aryl methyl sites for hydroxylation is 1. The van der Waals surface area contributed by atoms with Gasteiger partial charge in [-0.25, -0.2) is 4.79 Å². The smallest absolute Gasteiger partial charge is 0.332 e. The Balaban J connectivity index is 2.64. The molecule has 1 aromatic rings. The summed E-state index contributed by atoms with van der Waals surface area (Å²) in [5, 5.41) is 30.5. The number of hydrogen-bond donors (Lipinski definition) is 3. The third-order valence-corrected chi connectivity index (χ3v) is 2.65. The summed E-state index contributed by atoms with van der Waals surface area (Å²) >= 11 is 0. The third kappa shape index (κ3) is 4.02. The average molecular weight is 282 g/mol. The van der Waals surface area contributed by atoms with Gasteiger partial charge >= 0.3 is 5.97 Å². The Morgan fingerprint density at radius 1 is 1.45 bits per heavy atom. The normalized spacial score (nSPS) is 11.7. The maximum atomic E-state index is 11.8. The number of hydrogen-bond acceptors (Lipinski definition) is 5. The second-order valence-corrected chi connectivity index (χ2v) is 4.15. The predicted molar refractivity (Wildman–Crippen MR) is 68.4 cm³/mol. The van der Waals surface area contributed by atoms with Crippen molar-refractivity contribution in [1.29, 1.82) is 0 Å². The van der Waals surface area contributed by atoms with Crippen LogP contribution in [0.2, 0.25) is 0 Å². The Bertz CT molecular complexity index is 543. The van der Waals surface area contributed by atoms with Crippen LogP contribution in [0.5, 0.6) is 0 Å². The third-order valence-electron chi connectivity index (χ3n) is 2.65. The van der Waals surface area contributed by atoms with Gasteiger partial charge in [0.1, 0.15) is 0 Å². The van der Waals surface area contributed by atoms with Crippen LogP contribution in [0.1, 0.15) is 22.3 Å². The SMILES string of the molecule is Cc1cc([N+](=O)[O-])ccc1C(=O)NCC[C@H](O)C(=O)O. The number of nitrogens with one attached hydrogen (secondary N) is 1. The van der Waals surface area contributed by atoms with Crippen molar-refractivity contribution < 1.29 is 24.7 Å². The molecular formula is C12H14N2O6. The van der Waals surface area contributed by atoms with Crippen molar-refractivity contribution in [1.82, 2.24) is 5.32 Å². The minimum absolute atomic E-state index is 0.0112. The molecule has 3 N–H and O–H groups in total. The first-order valence-corrected chi connectivity index (χ1v) is 5.77. The number of amides is 1. The van der Waals surface area contributed by atoms with Crippen molar-refractivity contribution in [2.45, 2.75) is 19.4 Å². The molecule has 1 aromatic carbocycles. The Labute approximate surface area is 114 Å². The van der Waals surface area contributed by atoms with Gasteiger partial charge < -0.3 is 15.5 Å². The Hall–Kier alpha value is -2.48. The van der Waals surface area contributed by atoms with Gasteiger partial charge in [-0.3, -0.25) is 14.9 Å². The van der Waals surface area contributed by atoms with Crippen molar-refractivity contribution in [2.75, 3.05) is 6.54 Å². The lowest BCUT2D eigenvalue weighted by molar-refractivity contribution is -0.384. The lowest BCUT2D eigenvalue weighted by Crippen LogP contribution is -2.30. The van der Waals surface area contributed by atoms with Gasteiger partial charge in [0.05, 0.1) is 4.92 Å². The van der Waals surface area contributed by atoms with Crippen molar-refractivity contribution in [3.05, 3.63) is 39.4 Å². The molecule has 0 saturated carbocycles. The zero-order valence-corrected chi connectivity index (χ0v) is 10.7. The zero-order chi connectivity index (χ0) is 15.3. The number of benzene rings is 1. The van der Waals surface area contributed by atoms with Gasteiger partial charge in [0.25, 0.3) is 11.6 Å². The summed E-state index contributed by atoms with van der Waals surface area (Å²) in [5.41, 5.74) is 0.594. The van der Waals surface area contributed by atoms with Crippen LogP contribution in [0.25, 0.3) is 0 Å². The van der Waals surface area contributed by atoms with Crippen LogP contribution in [-0.4, -0.2) is 39.7 Å². The maximum Gasteiger partial charge on any atom is 0.332 e. The fourth-order valence-corrected chi connectivity index (χ4v) is 1.56. The summed E-state index contributed by atoms with van der Waals surface area (Å²) in [6.45, 7) is 1.55. The first kappa shape index (κ1) is 15.6. The number of aliphatic carboxylic acids is 1. The number of nitro groups is 1. The number of rotatable bonds is 6. The molecule has 8 nitrogen and oxygen atoms in total. The van der Waals surface area contributed by atoms with E-state index in [1.54, 1.807) is 6.92 Å². The molecule has 0 aliphatic heterocycles. The largest absolute Gasteiger partial charge is 0.479 e. The van der Waals surface area contributed by atoms with Crippen molar-refractivity contribution in [3.8, 4) is 0 Å². The lowest BCUT2D eigenvalue weighted by atomic mass is 10.1. The Morgan fingerprint density at radius 3 is 2.60 bits per heavy atom. The number of nitro benzene ring substituents is 1. The highest BCUT2D eigenvalue weighted by Crippen LogP contribution is 2.16. The maximum absolute atomic E-state index is 11.8. The molecule has 0 saturated heterocycles. The Kier molecular flexibility index (Phi) is 5.15. The van der Waals surface area contributed by atoms with Crippen LogP contribution < -0.4 is 5.32 Å². The fraction of sp³-hybridized carbons (Fsp3) is 0.333. The van der Waals surface area contributed by atoms with Crippen LogP contribution in [0.15, 0.2) is 18.2 Å². The Morgan fingerprint density at radius 2 is 2.10 bits per heavy atom. The van der Waals surface area contributed by atoms with Crippen LogP contribution in [0.3, 0.4) is 0 Å². The summed E-state index contributed by atoms with van der Waals surface area (Å²) < 4.78 is 0. The first-order chi connectivity index (χ1) is 9.32. The van der Waals surface area contributed by atoms with E-state index in [-0.39, 0.29) is 24.2 Å². The van der Waals surface area contributed by atoms with Gasteiger partial charge in [-0.1, -0.05) is 0 Å². The number of nitrogens with zero attached hydrogens (tertiary/aromatic N) is 1. The quantitative estimate of drug-likeness (QED) is 0.513. The number of carboxylic acids is 1. The molecule has 8 heteroatoms. The summed E-state index contributed by atoms with van der Waals surface area (Å²) in [6, 6.07) is 3.82. The van der Waals surface area contributed by atoms with Gasteiger partial charge in [-0.15, -0.1) is 0 Å². The van der Waals surface area contributed by atoms with E-state index in [9.17, 15) is 19.7 Å². The average Bonchev–Trinajstić information content (AvgIpc) is 2.37. The molecule has 0 unspecified atom stereocenters. The predicted octanol–water partition coefficient (Wildman–Crippen LogP) is 0.469. The molecule has 0 fully saturated rings. The number of carboxylic acid groups (broad SMARTS) is 1. The molecule has 0 spiro atoms. The monoisotopic (exact) mass is 282 g/mol.